The highest BCUT2D eigenvalue weighted by atomic mass is 19.1. The topological polar surface area (TPSA) is 77.1 Å². The summed E-state index contributed by atoms with van der Waals surface area (Å²) in [6, 6.07) is 12.7. The van der Waals surface area contributed by atoms with Crippen LogP contribution in [0.5, 0.6) is 5.75 Å². The predicted octanol–water partition coefficient (Wildman–Crippen LogP) is 3.07. The number of benzene rings is 2. The largest absolute Gasteiger partial charge is 0.483 e. The number of carbonyl (C=O) groups is 2. The van der Waals surface area contributed by atoms with E-state index in [1.165, 1.54) is 12.1 Å². The number of halogens is 1. The molecule has 8 heteroatoms. The first kappa shape index (κ1) is 21.3. The lowest BCUT2D eigenvalue weighted by atomic mass is 9.96. The third-order valence-corrected chi connectivity index (χ3v) is 5.40. The van der Waals surface area contributed by atoms with Crippen molar-refractivity contribution in [2.75, 3.05) is 38.2 Å². The van der Waals surface area contributed by atoms with Crippen molar-refractivity contribution >= 4 is 17.5 Å². The summed E-state index contributed by atoms with van der Waals surface area (Å²) < 4.78 is 30.6. The zero-order chi connectivity index (χ0) is 21.6. The Labute approximate surface area is 180 Å². The second-order valence-electron chi connectivity index (χ2n) is 7.58. The first-order chi connectivity index (χ1) is 15.1. The van der Waals surface area contributed by atoms with E-state index in [-0.39, 0.29) is 30.4 Å². The molecule has 2 fully saturated rings. The number of amides is 2. The van der Waals surface area contributed by atoms with Gasteiger partial charge in [-0.2, -0.15) is 0 Å². The van der Waals surface area contributed by atoms with Crippen molar-refractivity contribution < 1.29 is 28.2 Å². The number of carbonyl (C=O) groups excluding carboxylic acids is 2. The maximum absolute atomic E-state index is 13.7. The number of hydrogen-bond donors (Lipinski definition) is 1. The summed E-state index contributed by atoms with van der Waals surface area (Å²) in [6.45, 7) is 2.02. The normalized spacial score (nSPS) is 19.3. The minimum atomic E-state index is -0.527. The first-order valence-electron chi connectivity index (χ1n) is 10.4. The summed E-state index contributed by atoms with van der Waals surface area (Å²) in [6.07, 6.45) is 1.56. The van der Waals surface area contributed by atoms with Crippen LogP contribution in [0.2, 0.25) is 0 Å². The molecule has 0 saturated carbocycles. The Balaban J connectivity index is 1.39. The molecule has 164 valence electrons. The maximum atomic E-state index is 13.7. The molecule has 2 aliphatic heterocycles. The molecule has 2 aromatic carbocycles. The van der Waals surface area contributed by atoms with Crippen LogP contribution < -0.4 is 10.1 Å². The number of para-hydroxylation sites is 2. The zero-order valence-electron chi connectivity index (χ0n) is 17.1. The molecule has 0 aliphatic carbocycles. The van der Waals surface area contributed by atoms with Crippen molar-refractivity contribution in [2.24, 2.45) is 5.92 Å². The average molecular weight is 428 g/mol. The van der Waals surface area contributed by atoms with E-state index in [0.29, 0.717) is 37.6 Å². The number of nitrogens with zero attached hydrogens (tertiary/aromatic N) is 1. The molecule has 2 heterocycles. The van der Waals surface area contributed by atoms with Crippen LogP contribution in [0, 0.1) is 11.7 Å². The first-order valence-corrected chi connectivity index (χ1v) is 10.4. The van der Waals surface area contributed by atoms with Crippen LogP contribution in [0.1, 0.15) is 23.2 Å². The maximum Gasteiger partial charge on any atom is 0.262 e. The van der Waals surface area contributed by atoms with E-state index >= 15 is 0 Å². The van der Waals surface area contributed by atoms with E-state index in [4.69, 9.17) is 14.2 Å². The van der Waals surface area contributed by atoms with Crippen molar-refractivity contribution in [2.45, 2.75) is 19.1 Å². The number of piperidine rings is 1. The molecule has 31 heavy (non-hydrogen) atoms. The van der Waals surface area contributed by atoms with Gasteiger partial charge in [0.15, 0.2) is 12.9 Å². The second kappa shape index (κ2) is 9.89. The summed E-state index contributed by atoms with van der Waals surface area (Å²) in [5.41, 5.74) is 0.464. The molecular weight excluding hydrogens is 403 g/mol. The fraction of sp³-hybridized carbons (Fsp3) is 0.391. The third-order valence-electron chi connectivity index (χ3n) is 5.40. The quantitative estimate of drug-likeness (QED) is 0.765. The molecule has 0 bridgehead atoms. The molecule has 7 nitrogen and oxygen atoms in total. The van der Waals surface area contributed by atoms with Crippen molar-refractivity contribution in [3.05, 3.63) is 59.9 Å². The minimum absolute atomic E-state index is 0.0798. The van der Waals surface area contributed by atoms with Crippen LogP contribution in [0.4, 0.5) is 10.1 Å². The summed E-state index contributed by atoms with van der Waals surface area (Å²) in [5.74, 6) is -0.749. The van der Waals surface area contributed by atoms with Gasteiger partial charge in [0.25, 0.3) is 11.8 Å². The molecule has 2 saturated heterocycles. The Morgan fingerprint density at radius 1 is 1.10 bits per heavy atom. The Bertz CT molecular complexity index is 932. The van der Waals surface area contributed by atoms with Crippen molar-refractivity contribution in [1.29, 1.82) is 0 Å². The van der Waals surface area contributed by atoms with Gasteiger partial charge >= 0.3 is 0 Å². The Morgan fingerprint density at radius 3 is 2.65 bits per heavy atom. The molecule has 0 radical (unpaired) electrons. The van der Waals surface area contributed by atoms with Crippen LogP contribution in [0.3, 0.4) is 0 Å². The minimum Gasteiger partial charge on any atom is -0.483 e. The molecule has 2 aliphatic rings. The Hall–Kier alpha value is -2.97. The molecule has 4 rings (SSSR count). The van der Waals surface area contributed by atoms with Gasteiger partial charge in [0.05, 0.1) is 24.5 Å². The van der Waals surface area contributed by atoms with Crippen LogP contribution >= 0.6 is 0 Å². The number of likely N-dealkylation sites (tertiary alicyclic amines) is 1. The standard InChI is InChI=1S/C23H25FN2O5/c24-18-8-2-3-9-19(18)25-21(27)15-31-20-10-4-1-7-17(20)22(28)26-11-5-6-16(14-26)23-29-12-13-30-23/h1-4,7-10,16,23H,5-6,11-15H2,(H,25,27). The van der Waals surface area contributed by atoms with Gasteiger partial charge in [0.2, 0.25) is 0 Å². The summed E-state index contributed by atoms with van der Waals surface area (Å²) in [7, 11) is 0. The summed E-state index contributed by atoms with van der Waals surface area (Å²) in [5, 5.41) is 2.47. The summed E-state index contributed by atoms with van der Waals surface area (Å²) in [4.78, 5) is 27.1. The molecule has 0 aromatic heterocycles. The van der Waals surface area contributed by atoms with Gasteiger partial charge in [-0.15, -0.1) is 0 Å². The van der Waals surface area contributed by atoms with Gasteiger partial charge in [-0.1, -0.05) is 24.3 Å². The molecular formula is C23H25FN2O5. The molecule has 1 N–H and O–H groups in total. The Morgan fingerprint density at radius 2 is 1.84 bits per heavy atom. The smallest absolute Gasteiger partial charge is 0.262 e. The molecule has 2 aromatic rings. The van der Waals surface area contributed by atoms with Crippen LogP contribution in [0.25, 0.3) is 0 Å². The number of nitrogens with one attached hydrogen (secondary N) is 1. The highest BCUT2D eigenvalue weighted by molar-refractivity contribution is 5.97. The van der Waals surface area contributed by atoms with Crippen molar-refractivity contribution in [3.63, 3.8) is 0 Å². The number of ether oxygens (including phenoxy) is 3. The van der Waals surface area contributed by atoms with Crippen LogP contribution in [-0.2, 0) is 14.3 Å². The lowest BCUT2D eigenvalue weighted by Crippen LogP contribution is -2.44. The van der Waals surface area contributed by atoms with Gasteiger partial charge in [-0.05, 0) is 37.1 Å². The van der Waals surface area contributed by atoms with E-state index in [0.717, 1.165) is 12.8 Å². The second-order valence-corrected chi connectivity index (χ2v) is 7.58. The van der Waals surface area contributed by atoms with Gasteiger partial charge in [-0.3, -0.25) is 9.59 Å². The Kier molecular flexibility index (Phi) is 6.79. The van der Waals surface area contributed by atoms with Crippen LogP contribution in [0.15, 0.2) is 48.5 Å². The average Bonchev–Trinajstić information content (AvgIpc) is 3.34. The van der Waals surface area contributed by atoms with Gasteiger partial charge in [0, 0.05) is 19.0 Å². The van der Waals surface area contributed by atoms with E-state index in [1.807, 2.05) is 0 Å². The number of hydrogen-bond acceptors (Lipinski definition) is 5. The molecule has 2 amide bonds. The lowest BCUT2D eigenvalue weighted by molar-refractivity contribution is -0.118. The number of anilines is 1. The zero-order valence-corrected chi connectivity index (χ0v) is 17.1. The van der Waals surface area contributed by atoms with Gasteiger partial charge in [0.1, 0.15) is 11.6 Å². The van der Waals surface area contributed by atoms with Crippen molar-refractivity contribution in [1.82, 2.24) is 4.90 Å². The van der Waals surface area contributed by atoms with E-state index in [9.17, 15) is 14.0 Å². The summed E-state index contributed by atoms with van der Waals surface area (Å²) >= 11 is 0. The monoisotopic (exact) mass is 428 g/mol. The van der Waals surface area contributed by atoms with Crippen molar-refractivity contribution in [3.8, 4) is 5.75 Å². The lowest BCUT2D eigenvalue weighted by Gasteiger charge is -2.35. The highest BCUT2D eigenvalue weighted by Crippen LogP contribution is 2.28. The fourth-order valence-corrected chi connectivity index (χ4v) is 3.90. The van der Waals surface area contributed by atoms with E-state index in [2.05, 4.69) is 5.32 Å². The fourth-order valence-electron chi connectivity index (χ4n) is 3.90. The number of rotatable bonds is 6. The third kappa shape index (κ3) is 5.21. The predicted molar refractivity (Wildman–Crippen MR) is 111 cm³/mol. The molecule has 0 spiro atoms. The SMILES string of the molecule is O=C(COc1ccccc1C(=O)N1CCCC(C2OCCO2)C1)Nc1ccccc1F. The van der Waals surface area contributed by atoms with Gasteiger partial charge in [-0.25, -0.2) is 4.39 Å². The molecule has 1 atom stereocenters. The molecule has 1 unspecified atom stereocenters. The van der Waals surface area contributed by atoms with E-state index < -0.39 is 11.7 Å². The van der Waals surface area contributed by atoms with E-state index in [1.54, 1.807) is 41.3 Å². The van der Waals surface area contributed by atoms with Crippen LogP contribution in [-0.4, -0.2) is 55.9 Å². The highest BCUT2D eigenvalue weighted by Gasteiger charge is 2.33. The van der Waals surface area contributed by atoms with Gasteiger partial charge < -0.3 is 24.4 Å².